The Bertz CT molecular complexity index is 874. The fraction of sp³-hybridized carbons (Fsp3) is 0.412. The van der Waals surface area contributed by atoms with Gasteiger partial charge in [-0.1, -0.05) is 6.07 Å². The summed E-state index contributed by atoms with van der Waals surface area (Å²) < 4.78 is 3.53. The predicted molar refractivity (Wildman–Crippen MR) is 96.1 cm³/mol. The van der Waals surface area contributed by atoms with Crippen molar-refractivity contribution in [1.82, 2.24) is 23.9 Å². The lowest BCUT2D eigenvalue weighted by atomic mass is 10.3. The summed E-state index contributed by atoms with van der Waals surface area (Å²) in [5.41, 5.74) is 1.87. The van der Waals surface area contributed by atoms with Crippen LogP contribution < -0.4 is 5.69 Å². The zero-order valence-corrected chi connectivity index (χ0v) is 14.6. The lowest BCUT2D eigenvalue weighted by Gasteiger charge is -2.34. The van der Waals surface area contributed by atoms with Crippen LogP contribution in [-0.4, -0.2) is 50.1 Å². The van der Waals surface area contributed by atoms with E-state index in [4.69, 9.17) is 0 Å². The van der Waals surface area contributed by atoms with Crippen LogP contribution in [0.15, 0.2) is 40.8 Å². The molecule has 126 valence electrons. The largest absolute Gasteiger partial charge is 0.330 e. The number of nitrogens with zero attached hydrogens (tertiary/aromatic N) is 5. The van der Waals surface area contributed by atoms with Crippen molar-refractivity contribution in [1.29, 1.82) is 0 Å². The average molecular weight is 343 g/mol. The standard InChI is InChI=1S/C17H21N5OS/c1-19-15-4-5-18-11-16(15)22(17(19)23)13-21-8-6-20(7-9-21)12-14-3-2-10-24-14/h2-5,10-11H,6-9,12-13H2,1H3. The first-order valence-corrected chi connectivity index (χ1v) is 9.06. The zero-order chi connectivity index (χ0) is 16.5. The van der Waals surface area contributed by atoms with E-state index in [9.17, 15) is 4.79 Å². The molecular formula is C17H21N5OS. The van der Waals surface area contributed by atoms with Gasteiger partial charge in [0.2, 0.25) is 0 Å². The summed E-state index contributed by atoms with van der Waals surface area (Å²) in [6.07, 6.45) is 3.51. The average Bonchev–Trinajstić information content (AvgIpc) is 3.20. The van der Waals surface area contributed by atoms with Gasteiger partial charge in [-0.05, 0) is 17.5 Å². The van der Waals surface area contributed by atoms with Crippen molar-refractivity contribution >= 4 is 22.4 Å². The summed E-state index contributed by atoms with van der Waals surface area (Å²) in [6, 6.07) is 6.20. The maximum absolute atomic E-state index is 12.5. The number of hydrogen-bond donors (Lipinski definition) is 0. The summed E-state index contributed by atoms with van der Waals surface area (Å²) in [4.78, 5) is 22.9. The van der Waals surface area contributed by atoms with Crippen molar-refractivity contribution in [2.75, 3.05) is 26.2 Å². The number of aryl methyl sites for hydroxylation is 1. The Morgan fingerprint density at radius 3 is 2.67 bits per heavy atom. The van der Waals surface area contributed by atoms with Crippen LogP contribution in [0, 0.1) is 0 Å². The highest BCUT2D eigenvalue weighted by Gasteiger charge is 2.19. The first-order chi connectivity index (χ1) is 11.7. The lowest BCUT2D eigenvalue weighted by molar-refractivity contribution is 0.104. The Hall–Kier alpha value is -1.96. The van der Waals surface area contributed by atoms with E-state index in [1.165, 1.54) is 4.88 Å². The molecule has 4 heterocycles. The van der Waals surface area contributed by atoms with E-state index in [0.29, 0.717) is 6.67 Å². The zero-order valence-electron chi connectivity index (χ0n) is 13.8. The van der Waals surface area contributed by atoms with Crippen molar-refractivity contribution in [3.63, 3.8) is 0 Å². The van der Waals surface area contributed by atoms with E-state index < -0.39 is 0 Å². The second-order valence-corrected chi connectivity index (χ2v) is 7.28. The van der Waals surface area contributed by atoms with Crippen LogP contribution in [0.5, 0.6) is 0 Å². The fourth-order valence-corrected chi connectivity index (χ4v) is 4.05. The fourth-order valence-electron chi connectivity index (χ4n) is 3.31. The highest BCUT2D eigenvalue weighted by atomic mass is 32.1. The van der Waals surface area contributed by atoms with Crippen LogP contribution in [0.4, 0.5) is 0 Å². The van der Waals surface area contributed by atoms with Crippen LogP contribution >= 0.6 is 11.3 Å². The molecular weight excluding hydrogens is 322 g/mol. The highest BCUT2D eigenvalue weighted by Crippen LogP contribution is 2.15. The van der Waals surface area contributed by atoms with Crippen molar-refractivity contribution in [3.8, 4) is 0 Å². The summed E-state index contributed by atoms with van der Waals surface area (Å²) in [6.45, 7) is 5.70. The van der Waals surface area contributed by atoms with Crippen LogP contribution in [-0.2, 0) is 20.3 Å². The molecule has 0 aliphatic carbocycles. The van der Waals surface area contributed by atoms with E-state index in [2.05, 4.69) is 32.3 Å². The molecule has 0 radical (unpaired) electrons. The van der Waals surface area contributed by atoms with Gasteiger partial charge >= 0.3 is 5.69 Å². The first-order valence-electron chi connectivity index (χ1n) is 8.19. The molecule has 24 heavy (non-hydrogen) atoms. The number of hydrogen-bond acceptors (Lipinski definition) is 5. The number of imidazole rings is 1. The van der Waals surface area contributed by atoms with Crippen LogP contribution in [0.25, 0.3) is 11.0 Å². The molecule has 4 rings (SSSR count). The van der Waals surface area contributed by atoms with E-state index in [-0.39, 0.29) is 5.69 Å². The van der Waals surface area contributed by atoms with Crippen molar-refractivity contribution in [2.45, 2.75) is 13.2 Å². The van der Waals surface area contributed by atoms with Crippen molar-refractivity contribution in [2.24, 2.45) is 7.05 Å². The Kier molecular flexibility index (Phi) is 4.22. The number of rotatable bonds is 4. The van der Waals surface area contributed by atoms with Gasteiger partial charge in [-0.3, -0.25) is 23.9 Å². The van der Waals surface area contributed by atoms with Gasteiger partial charge in [0.1, 0.15) is 0 Å². The van der Waals surface area contributed by atoms with E-state index in [1.54, 1.807) is 17.0 Å². The Balaban J connectivity index is 1.44. The summed E-state index contributed by atoms with van der Waals surface area (Å²) in [5.74, 6) is 0. The molecule has 1 fully saturated rings. The molecule has 0 unspecified atom stereocenters. The summed E-state index contributed by atoms with van der Waals surface area (Å²) >= 11 is 1.82. The minimum absolute atomic E-state index is 0.0269. The van der Waals surface area contributed by atoms with E-state index in [1.807, 2.05) is 29.0 Å². The normalized spacial score (nSPS) is 16.9. The first kappa shape index (κ1) is 15.6. The highest BCUT2D eigenvalue weighted by molar-refractivity contribution is 7.09. The molecule has 1 aliphatic rings. The van der Waals surface area contributed by atoms with Crippen LogP contribution in [0.3, 0.4) is 0 Å². The lowest BCUT2D eigenvalue weighted by Crippen LogP contribution is -2.47. The molecule has 0 spiro atoms. The number of pyridine rings is 1. The van der Waals surface area contributed by atoms with Crippen LogP contribution in [0.1, 0.15) is 4.88 Å². The SMILES string of the molecule is Cn1c(=O)n(CN2CCN(Cc3cccs3)CC2)c2cnccc21. The molecule has 1 aliphatic heterocycles. The van der Waals surface area contributed by atoms with E-state index in [0.717, 1.165) is 43.8 Å². The second-order valence-electron chi connectivity index (χ2n) is 6.25. The van der Waals surface area contributed by atoms with Crippen molar-refractivity contribution < 1.29 is 0 Å². The van der Waals surface area contributed by atoms with Crippen molar-refractivity contribution in [3.05, 3.63) is 51.3 Å². The second kappa shape index (κ2) is 6.51. The number of thiophene rings is 1. The summed E-state index contributed by atoms with van der Waals surface area (Å²) in [5, 5.41) is 2.13. The smallest absolute Gasteiger partial charge is 0.296 e. The number of piperazine rings is 1. The minimum atomic E-state index is 0.0269. The Morgan fingerprint density at radius 1 is 1.12 bits per heavy atom. The third kappa shape index (κ3) is 2.90. The van der Waals surface area contributed by atoms with Gasteiger partial charge in [0.05, 0.1) is 23.9 Å². The molecule has 3 aromatic heterocycles. The Morgan fingerprint density at radius 2 is 1.92 bits per heavy atom. The van der Waals surface area contributed by atoms with E-state index >= 15 is 0 Å². The molecule has 1 saturated heterocycles. The topological polar surface area (TPSA) is 46.3 Å². The molecule has 3 aromatic rings. The molecule has 0 amide bonds. The van der Waals surface area contributed by atoms with Gasteiger partial charge < -0.3 is 0 Å². The molecule has 0 saturated carbocycles. The monoisotopic (exact) mass is 343 g/mol. The third-order valence-electron chi connectivity index (χ3n) is 4.71. The Labute approximate surface area is 144 Å². The molecule has 0 N–H and O–H groups in total. The van der Waals surface area contributed by atoms with Gasteiger partial charge in [0, 0.05) is 50.8 Å². The molecule has 0 atom stereocenters. The molecule has 0 bridgehead atoms. The van der Waals surface area contributed by atoms with Gasteiger partial charge in [0.25, 0.3) is 0 Å². The minimum Gasteiger partial charge on any atom is -0.296 e. The molecule has 7 heteroatoms. The maximum Gasteiger partial charge on any atom is 0.330 e. The van der Waals surface area contributed by atoms with Gasteiger partial charge in [-0.2, -0.15) is 0 Å². The predicted octanol–water partition coefficient (Wildman–Crippen LogP) is 1.57. The maximum atomic E-state index is 12.5. The quantitative estimate of drug-likeness (QED) is 0.721. The van der Waals surface area contributed by atoms with Gasteiger partial charge in [0.15, 0.2) is 0 Å². The van der Waals surface area contributed by atoms with Crippen LogP contribution in [0.2, 0.25) is 0 Å². The van der Waals surface area contributed by atoms with Gasteiger partial charge in [-0.15, -0.1) is 11.3 Å². The number of fused-ring (bicyclic) bond motifs is 1. The molecule has 0 aromatic carbocycles. The summed E-state index contributed by atoms with van der Waals surface area (Å²) in [7, 11) is 1.82. The van der Waals surface area contributed by atoms with Gasteiger partial charge in [-0.25, -0.2) is 4.79 Å². The third-order valence-corrected chi connectivity index (χ3v) is 5.57. The molecule has 6 nitrogen and oxygen atoms in total. The number of aromatic nitrogens is 3.